The van der Waals surface area contributed by atoms with Crippen molar-refractivity contribution in [1.82, 2.24) is 0 Å². The van der Waals surface area contributed by atoms with Gasteiger partial charge in [-0.2, -0.15) is 0 Å². The van der Waals surface area contributed by atoms with Crippen LogP contribution in [0.4, 0.5) is 15.8 Å². The Hall–Kier alpha value is -2.56. The van der Waals surface area contributed by atoms with Crippen LogP contribution in [0.15, 0.2) is 42.5 Å². The van der Waals surface area contributed by atoms with Crippen molar-refractivity contribution in [3.05, 3.63) is 53.8 Å². The summed E-state index contributed by atoms with van der Waals surface area (Å²) in [7, 11) is 0. The molecule has 0 saturated carbocycles. The lowest BCUT2D eigenvalue weighted by atomic mass is 10.0. The van der Waals surface area contributed by atoms with E-state index < -0.39 is 6.10 Å². The summed E-state index contributed by atoms with van der Waals surface area (Å²) in [5.41, 5.74) is 7.51. The van der Waals surface area contributed by atoms with E-state index in [0.29, 0.717) is 29.2 Å². The van der Waals surface area contributed by atoms with Crippen LogP contribution in [0, 0.1) is 5.82 Å². The second kappa shape index (κ2) is 5.67. The van der Waals surface area contributed by atoms with Gasteiger partial charge in [-0.05, 0) is 30.7 Å². The third kappa shape index (κ3) is 2.50. The van der Waals surface area contributed by atoms with Gasteiger partial charge in [0.1, 0.15) is 11.6 Å². The Morgan fingerprint density at radius 1 is 1.27 bits per heavy atom. The molecule has 3 rings (SSSR count). The lowest BCUT2D eigenvalue weighted by Crippen LogP contribution is -2.47. The van der Waals surface area contributed by atoms with Crippen molar-refractivity contribution < 1.29 is 13.9 Å². The maximum Gasteiger partial charge on any atom is 0.268 e. The minimum Gasteiger partial charge on any atom is -0.478 e. The molecule has 1 aliphatic rings. The Morgan fingerprint density at radius 2 is 2.05 bits per heavy atom. The molecule has 0 spiro atoms. The quantitative estimate of drug-likeness (QED) is 0.887. The monoisotopic (exact) mass is 300 g/mol. The second-order valence-electron chi connectivity index (χ2n) is 5.21. The van der Waals surface area contributed by atoms with Gasteiger partial charge in [0.15, 0.2) is 6.10 Å². The van der Waals surface area contributed by atoms with Crippen LogP contribution in [-0.4, -0.2) is 18.6 Å². The highest BCUT2D eigenvalue weighted by Gasteiger charge is 2.34. The van der Waals surface area contributed by atoms with E-state index in [2.05, 4.69) is 0 Å². The molecule has 0 fully saturated rings. The fourth-order valence-electron chi connectivity index (χ4n) is 2.66. The van der Waals surface area contributed by atoms with E-state index in [1.165, 1.54) is 6.07 Å². The number of ether oxygens (including phenoxy) is 1. The van der Waals surface area contributed by atoms with Crippen LogP contribution < -0.4 is 15.4 Å². The van der Waals surface area contributed by atoms with E-state index in [0.717, 1.165) is 0 Å². The molecule has 0 bridgehead atoms. The number of benzene rings is 2. The first-order chi connectivity index (χ1) is 10.6. The summed E-state index contributed by atoms with van der Waals surface area (Å²) >= 11 is 0. The minimum atomic E-state index is -0.744. The molecule has 1 unspecified atom stereocenters. The molecule has 1 aliphatic heterocycles. The van der Waals surface area contributed by atoms with Crippen LogP contribution >= 0.6 is 0 Å². The van der Waals surface area contributed by atoms with Gasteiger partial charge in [-0.1, -0.05) is 18.2 Å². The van der Waals surface area contributed by atoms with Gasteiger partial charge >= 0.3 is 0 Å². The van der Waals surface area contributed by atoms with E-state index >= 15 is 0 Å². The third-order valence-corrected chi connectivity index (χ3v) is 3.76. The SMILES string of the molecule is CCN1C(=O)C(Cc2ccccc2F)Oc2cc(N)ccc21. The molecule has 2 aromatic carbocycles. The number of carbonyl (C=O) groups is 1. The average molecular weight is 300 g/mol. The van der Waals surface area contributed by atoms with Gasteiger partial charge in [-0.3, -0.25) is 4.79 Å². The number of nitrogens with two attached hydrogens (primary N) is 1. The molecular weight excluding hydrogens is 283 g/mol. The molecule has 114 valence electrons. The van der Waals surface area contributed by atoms with E-state index in [1.54, 1.807) is 41.3 Å². The summed E-state index contributed by atoms with van der Waals surface area (Å²) in [6.07, 6.45) is -0.554. The van der Waals surface area contributed by atoms with Gasteiger partial charge < -0.3 is 15.4 Å². The van der Waals surface area contributed by atoms with Gasteiger partial charge in [-0.25, -0.2) is 4.39 Å². The number of anilines is 2. The van der Waals surface area contributed by atoms with Crippen LogP contribution in [0.25, 0.3) is 0 Å². The minimum absolute atomic E-state index is 0.164. The first-order valence-corrected chi connectivity index (χ1v) is 7.21. The van der Waals surface area contributed by atoms with E-state index in [-0.39, 0.29) is 18.1 Å². The average Bonchev–Trinajstić information content (AvgIpc) is 2.50. The molecule has 5 heteroatoms. The zero-order valence-corrected chi connectivity index (χ0v) is 12.3. The number of nitrogens with zero attached hydrogens (tertiary/aromatic N) is 1. The van der Waals surface area contributed by atoms with E-state index in [1.807, 2.05) is 6.92 Å². The first-order valence-electron chi connectivity index (χ1n) is 7.21. The number of fused-ring (bicyclic) bond motifs is 1. The van der Waals surface area contributed by atoms with Crippen molar-refractivity contribution in [3.8, 4) is 5.75 Å². The third-order valence-electron chi connectivity index (χ3n) is 3.76. The molecule has 1 amide bonds. The van der Waals surface area contributed by atoms with Crippen LogP contribution in [-0.2, 0) is 11.2 Å². The Bertz CT molecular complexity index is 718. The normalized spacial score (nSPS) is 17.1. The maximum atomic E-state index is 13.8. The van der Waals surface area contributed by atoms with Crippen molar-refractivity contribution in [2.75, 3.05) is 17.2 Å². The Balaban J connectivity index is 1.94. The second-order valence-corrected chi connectivity index (χ2v) is 5.21. The van der Waals surface area contributed by atoms with Gasteiger partial charge in [0.05, 0.1) is 5.69 Å². The Kier molecular flexibility index (Phi) is 3.71. The van der Waals surface area contributed by atoms with Gasteiger partial charge in [-0.15, -0.1) is 0 Å². The molecule has 0 saturated heterocycles. The number of halogens is 1. The Labute approximate surface area is 128 Å². The van der Waals surface area contributed by atoms with Crippen LogP contribution in [0.2, 0.25) is 0 Å². The zero-order chi connectivity index (χ0) is 15.7. The standard InChI is InChI=1S/C17H17FN2O2/c1-2-20-14-8-7-12(19)10-15(14)22-16(17(20)21)9-11-5-3-4-6-13(11)18/h3-8,10,16H,2,9,19H2,1H3. The lowest BCUT2D eigenvalue weighted by Gasteiger charge is -2.34. The molecule has 4 nitrogen and oxygen atoms in total. The fourth-order valence-corrected chi connectivity index (χ4v) is 2.66. The predicted molar refractivity (Wildman–Crippen MR) is 83.4 cm³/mol. The highest BCUT2D eigenvalue weighted by molar-refractivity contribution is 6.00. The van der Waals surface area contributed by atoms with Crippen molar-refractivity contribution in [1.29, 1.82) is 0 Å². The molecular formula is C17H17FN2O2. The molecule has 0 aliphatic carbocycles. The number of hydrogen-bond donors (Lipinski definition) is 1. The van der Waals surface area contributed by atoms with Crippen LogP contribution in [0.3, 0.4) is 0 Å². The highest BCUT2D eigenvalue weighted by Crippen LogP contribution is 2.36. The number of hydrogen-bond acceptors (Lipinski definition) is 3. The number of rotatable bonds is 3. The number of carbonyl (C=O) groups excluding carboxylic acids is 1. The van der Waals surface area contributed by atoms with Crippen molar-refractivity contribution >= 4 is 17.3 Å². The van der Waals surface area contributed by atoms with Crippen LogP contribution in [0.1, 0.15) is 12.5 Å². The Morgan fingerprint density at radius 3 is 2.77 bits per heavy atom. The first kappa shape index (κ1) is 14.4. The van der Waals surface area contributed by atoms with Gasteiger partial charge in [0.2, 0.25) is 0 Å². The molecule has 1 atom stereocenters. The van der Waals surface area contributed by atoms with Gasteiger partial charge in [0, 0.05) is 24.7 Å². The molecule has 22 heavy (non-hydrogen) atoms. The number of nitrogen functional groups attached to an aromatic ring is 1. The summed E-state index contributed by atoms with van der Waals surface area (Å²) in [6.45, 7) is 2.41. The van der Waals surface area contributed by atoms with Crippen LogP contribution in [0.5, 0.6) is 5.75 Å². The largest absolute Gasteiger partial charge is 0.478 e. The predicted octanol–water partition coefficient (Wildman–Crippen LogP) is 2.76. The maximum absolute atomic E-state index is 13.8. The topological polar surface area (TPSA) is 55.6 Å². The molecule has 2 aromatic rings. The summed E-state index contributed by atoms with van der Waals surface area (Å²) in [5.74, 6) is 0.0612. The smallest absolute Gasteiger partial charge is 0.268 e. The summed E-state index contributed by atoms with van der Waals surface area (Å²) in [6, 6.07) is 11.6. The summed E-state index contributed by atoms with van der Waals surface area (Å²) in [4.78, 5) is 14.2. The highest BCUT2D eigenvalue weighted by atomic mass is 19.1. The summed E-state index contributed by atoms with van der Waals surface area (Å²) < 4.78 is 19.6. The van der Waals surface area contributed by atoms with Crippen molar-refractivity contribution in [2.24, 2.45) is 0 Å². The zero-order valence-electron chi connectivity index (χ0n) is 12.3. The number of likely N-dealkylation sites (N-methyl/N-ethyl adjacent to an activating group) is 1. The summed E-state index contributed by atoms with van der Waals surface area (Å²) in [5, 5.41) is 0. The lowest BCUT2D eigenvalue weighted by molar-refractivity contribution is -0.126. The molecule has 0 radical (unpaired) electrons. The molecule has 0 aromatic heterocycles. The fraction of sp³-hybridized carbons (Fsp3) is 0.235. The van der Waals surface area contributed by atoms with Crippen molar-refractivity contribution in [2.45, 2.75) is 19.4 Å². The molecule has 1 heterocycles. The van der Waals surface area contributed by atoms with E-state index in [9.17, 15) is 9.18 Å². The van der Waals surface area contributed by atoms with Gasteiger partial charge in [0.25, 0.3) is 5.91 Å². The molecule has 2 N–H and O–H groups in total. The number of amides is 1. The van der Waals surface area contributed by atoms with Crippen molar-refractivity contribution in [3.63, 3.8) is 0 Å². The van der Waals surface area contributed by atoms with E-state index in [4.69, 9.17) is 10.5 Å².